The molecule has 2 rings (SSSR count). The van der Waals surface area contributed by atoms with E-state index in [0.29, 0.717) is 18.0 Å². The minimum atomic E-state index is -4.46. The van der Waals surface area contributed by atoms with Crippen molar-refractivity contribution in [3.63, 3.8) is 0 Å². The van der Waals surface area contributed by atoms with Crippen LogP contribution in [0.3, 0.4) is 0 Å². The Kier molecular flexibility index (Phi) is 3.33. The molecule has 98 valence electrons. The number of carbonyl (C=O) groups excluding carboxylic acids is 1. The third kappa shape index (κ3) is 2.78. The van der Waals surface area contributed by atoms with Crippen LogP contribution in [0.5, 0.6) is 0 Å². The molecule has 0 aliphatic carbocycles. The van der Waals surface area contributed by atoms with Crippen molar-refractivity contribution in [1.29, 1.82) is 0 Å². The third-order valence-corrected chi connectivity index (χ3v) is 2.51. The summed E-state index contributed by atoms with van der Waals surface area (Å²) in [6, 6.07) is 5.74. The second-order valence-electron chi connectivity index (χ2n) is 3.78. The minimum absolute atomic E-state index is 0.115. The van der Waals surface area contributed by atoms with Crippen molar-refractivity contribution in [2.24, 2.45) is 0 Å². The SMILES string of the molecule is O=Cc1ccc(-c2ccc(C(F)(F)F)cn2)cc1F. The zero-order chi connectivity index (χ0) is 14.0. The van der Waals surface area contributed by atoms with Gasteiger partial charge in [0.05, 0.1) is 16.8 Å². The molecule has 0 N–H and O–H groups in total. The second-order valence-corrected chi connectivity index (χ2v) is 3.78. The van der Waals surface area contributed by atoms with Gasteiger partial charge in [-0.1, -0.05) is 6.07 Å². The number of aldehydes is 1. The molecule has 0 radical (unpaired) electrons. The Morgan fingerprint density at radius 1 is 1.11 bits per heavy atom. The highest BCUT2D eigenvalue weighted by molar-refractivity contribution is 5.77. The lowest BCUT2D eigenvalue weighted by Crippen LogP contribution is -2.05. The van der Waals surface area contributed by atoms with Gasteiger partial charge < -0.3 is 0 Å². The molecule has 0 spiro atoms. The van der Waals surface area contributed by atoms with Gasteiger partial charge in [-0.2, -0.15) is 13.2 Å². The van der Waals surface area contributed by atoms with Crippen LogP contribution in [0.25, 0.3) is 11.3 Å². The van der Waals surface area contributed by atoms with E-state index in [1.165, 1.54) is 12.1 Å². The number of carbonyl (C=O) groups is 1. The van der Waals surface area contributed by atoms with E-state index in [0.717, 1.165) is 18.2 Å². The van der Waals surface area contributed by atoms with Gasteiger partial charge in [-0.15, -0.1) is 0 Å². The summed E-state index contributed by atoms with van der Waals surface area (Å²) in [7, 11) is 0. The molecule has 6 heteroatoms. The van der Waals surface area contributed by atoms with Gasteiger partial charge in [-0.25, -0.2) is 4.39 Å². The molecule has 0 bridgehead atoms. The number of benzene rings is 1. The van der Waals surface area contributed by atoms with E-state index in [1.807, 2.05) is 0 Å². The summed E-state index contributed by atoms with van der Waals surface area (Å²) in [5, 5.41) is 0. The quantitative estimate of drug-likeness (QED) is 0.614. The van der Waals surface area contributed by atoms with Gasteiger partial charge in [0.15, 0.2) is 6.29 Å². The molecular weight excluding hydrogens is 262 g/mol. The molecule has 1 heterocycles. The van der Waals surface area contributed by atoms with E-state index in [-0.39, 0.29) is 11.3 Å². The summed E-state index contributed by atoms with van der Waals surface area (Å²) < 4.78 is 50.4. The van der Waals surface area contributed by atoms with Crippen LogP contribution in [0.2, 0.25) is 0 Å². The van der Waals surface area contributed by atoms with Crippen LogP contribution in [-0.2, 0) is 6.18 Å². The lowest BCUT2D eigenvalue weighted by atomic mass is 10.1. The van der Waals surface area contributed by atoms with E-state index >= 15 is 0 Å². The highest BCUT2D eigenvalue weighted by atomic mass is 19.4. The van der Waals surface area contributed by atoms with Crippen LogP contribution in [0, 0.1) is 5.82 Å². The van der Waals surface area contributed by atoms with Crippen molar-refractivity contribution >= 4 is 6.29 Å². The number of hydrogen-bond donors (Lipinski definition) is 0. The number of aromatic nitrogens is 1. The molecule has 19 heavy (non-hydrogen) atoms. The minimum Gasteiger partial charge on any atom is -0.298 e. The van der Waals surface area contributed by atoms with Crippen LogP contribution in [0.15, 0.2) is 36.5 Å². The summed E-state index contributed by atoms with van der Waals surface area (Å²) >= 11 is 0. The smallest absolute Gasteiger partial charge is 0.298 e. The van der Waals surface area contributed by atoms with E-state index in [4.69, 9.17) is 0 Å². The number of halogens is 4. The number of alkyl halides is 3. The number of pyridine rings is 1. The van der Waals surface area contributed by atoms with Crippen LogP contribution >= 0.6 is 0 Å². The Hall–Kier alpha value is -2.24. The summed E-state index contributed by atoms with van der Waals surface area (Å²) in [6.45, 7) is 0. The number of rotatable bonds is 2. The van der Waals surface area contributed by atoms with Crippen LogP contribution in [-0.4, -0.2) is 11.3 Å². The first-order valence-corrected chi connectivity index (χ1v) is 5.20. The molecule has 1 aromatic carbocycles. The van der Waals surface area contributed by atoms with Gasteiger partial charge in [-0.05, 0) is 24.3 Å². The maximum absolute atomic E-state index is 13.4. The molecule has 0 aliphatic rings. The fraction of sp³-hybridized carbons (Fsp3) is 0.0769. The average Bonchev–Trinajstić information content (AvgIpc) is 2.38. The third-order valence-electron chi connectivity index (χ3n) is 2.51. The summed E-state index contributed by atoms with van der Waals surface area (Å²) in [4.78, 5) is 14.1. The molecule has 1 aromatic heterocycles. The number of nitrogens with zero attached hydrogens (tertiary/aromatic N) is 1. The Bertz CT molecular complexity index is 605. The van der Waals surface area contributed by atoms with E-state index in [2.05, 4.69) is 4.98 Å². The largest absolute Gasteiger partial charge is 0.417 e. The molecule has 0 fully saturated rings. The topological polar surface area (TPSA) is 30.0 Å². The lowest BCUT2D eigenvalue weighted by Gasteiger charge is -2.07. The maximum Gasteiger partial charge on any atom is 0.417 e. The summed E-state index contributed by atoms with van der Waals surface area (Å²) in [6.07, 6.45) is -3.42. The zero-order valence-electron chi connectivity index (χ0n) is 9.41. The molecular formula is C13H7F4NO. The van der Waals surface area contributed by atoms with E-state index in [1.54, 1.807) is 0 Å². The molecule has 0 saturated heterocycles. The predicted molar refractivity (Wildman–Crippen MR) is 60.0 cm³/mol. The molecule has 0 atom stereocenters. The highest BCUT2D eigenvalue weighted by Crippen LogP contribution is 2.29. The first-order chi connectivity index (χ1) is 8.91. The summed E-state index contributed by atoms with van der Waals surface area (Å²) in [5.74, 6) is -0.741. The van der Waals surface area contributed by atoms with E-state index < -0.39 is 17.6 Å². The Labute approximate surface area is 105 Å². The Morgan fingerprint density at radius 3 is 2.32 bits per heavy atom. The lowest BCUT2D eigenvalue weighted by molar-refractivity contribution is -0.137. The van der Waals surface area contributed by atoms with Crippen LogP contribution in [0.4, 0.5) is 17.6 Å². The standard InChI is InChI=1S/C13H7F4NO/c14-11-5-8(1-2-9(11)7-19)12-4-3-10(6-18-12)13(15,16)17/h1-7H. The second kappa shape index (κ2) is 4.79. The van der Waals surface area contributed by atoms with Crippen molar-refractivity contribution in [3.8, 4) is 11.3 Å². The van der Waals surface area contributed by atoms with Crippen molar-refractivity contribution in [3.05, 3.63) is 53.5 Å². The molecule has 2 nitrogen and oxygen atoms in total. The number of hydrogen-bond acceptors (Lipinski definition) is 2. The zero-order valence-corrected chi connectivity index (χ0v) is 9.41. The van der Waals surface area contributed by atoms with Crippen molar-refractivity contribution in [2.75, 3.05) is 0 Å². The van der Waals surface area contributed by atoms with E-state index in [9.17, 15) is 22.4 Å². The first kappa shape index (κ1) is 13.2. The van der Waals surface area contributed by atoms with Gasteiger partial charge in [0.25, 0.3) is 0 Å². The molecule has 0 unspecified atom stereocenters. The summed E-state index contributed by atoms with van der Waals surface area (Å²) in [5.41, 5.74) is -0.488. The fourth-order valence-electron chi connectivity index (χ4n) is 1.51. The van der Waals surface area contributed by atoms with Gasteiger partial charge in [0, 0.05) is 11.8 Å². The molecule has 0 amide bonds. The average molecular weight is 269 g/mol. The van der Waals surface area contributed by atoms with Gasteiger partial charge in [0.1, 0.15) is 5.82 Å². The molecule has 0 aliphatic heterocycles. The van der Waals surface area contributed by atoms with Gasteiger partial charge >= 0.3 is 6.18 Å². The predicted octanol–water partition coefficient (Wildman–Crippen LogP) is 3.72. The van der Waals surface area contributed by atoms with Crippen molar-refractivity contribution < 1.29 is 22.4 Å². The van der Waals surface area contributed by atoms with Gasteiger partial charge in [0.2, 0.25) is 0 Å². The molecule has 2 aromatic rings. The fourth-order valence-corrected chi connectivity index (χ4v) is 1.51. The Balaban J connectivity index is 2.37. The normalized spacial score (nSPS) is 11.4. The monoisotopic (exact) mass is 269 g/mol. The maximum atomic E-state index is 13.4. The van der Waals surface area contributed by atoms with Crippen molar-refractivity contribution in [1.82, 2.24) is 4.98 Å². The highest BCUT2D eigenvalue weighted by Gasteiger charge is 2.30. The first-order valence-electron chi connectivity index (χ1n) is 5.20. The van der Waals surface area contributed by atoms with Crippen molar-refractivity contribution in [2.45, 2.75) is 6.18 Å². The Morgan fingerprint density at radius 2 is 1.84 bits per heavy atom. The van der Waals surface area contributed by atoms with Gasteiger partial charge in [-0.3, -0.25) is 9.78 Å². The molecule has 0 saturated carbocycles. The van der Waals surface area contributed by atoms with Crippen LogP contribution < -0.4 is 0 Å². The van der Waals surface area contributed by atoms with Crippen LogP contribution in [0.1, 0.15) is 15.9 Å².